The van der Waals surface area contributed by atoms with Gasteiger partial charge in [0.25, 0.3) is 5.56 Å². The molecule has 0 saturated carbocycles. The molecular formula is C15H14N2O2. The third-order valence-electron chi connectivity index (χ3n) is 2.76. The van der Waals surface area contributed by atoms with Crippen LogP contribution >= 0.6 is 0 Å². The summed E-state index contributed by atoms with van der Waals surface area (Å²) in [6.45, 7) is 4.31. The normalized spacial score (nSPS) is 9.95. The van der Waals surface area contributed by atoms with Gasteiger partial charge in [0.1, 0.15) is 17.4 Å². The molecule has 0 radical (unpaired) electrons. The minimum atomic E-state index is -0.355. The SMILES string of the molecule is CCOc1ccc(-c2cc(C)[nH]c(=O)c2C#N)cc1. The average Bonchev–Trinajstić information content (AvgIpc) is 2.39. The van der Waals surface area contributed by atoms with Crippen LogP contribution in [0.25, 0.3) is 11.1 Å². The lowest BCUT2D eigenvalue weighted by atomic mass is 10.0. The number of pyridine rings is 1. The summed E-state index contributed by atoms with van der Waals surface area (Å²) in [5.41, 5.74) is 1.98. The fourth-order valence-electron chi connectivity index (χ4n) is 1.92. The number of benzene rings is 1. The summed E-state index contributed by atoms with van der Waals surface area (Å²) in [6.07, 6.45) is 0. The Morgan fingerprint density at radius 1 is 1.32 bits per heavy atom. The predicted molar refractivity (Wildman–Crippen MR) is 73.1 cm³/mol. The second-order valence-corrected chi connectivity index (χ2v) is 4.14. The van der Waals surface area contributed by atoms with Crippen molar-refractivity contribution in [3.63, 3.8) is 0 Å². The van der Waals surface area contributed by atoms with Gasteiger partial charge in [-0.15, -0.1) is 0 Å². The van der Waals surface area contributed by atoms with E-state index in [2.05, 4.69) is 4.98 Å². The van der Waals surface area contributed by atoms with Crippen LogP contribution in [-0.2, 0) is 0 Å². The zero-order chi connectivity index (χ0) is 13.8. The van der Waals surface area contributed by atoms with Gasteiger partial charge in [-0.3, -0.25) is 4.79 Å². The van der Waals surface area contributed by atoms with Gasteiger partial charge in [0.15, 0.2) is 0 Å². The number of aromatic amines is 1. The van der Waals surface area contributed by atoms with Gasteiger partial charge in [0.2, 0.25) is 0 Å². The van der Waals surface area contributed by atoms with Crippen LogP contribution in [0.2, 0.25) is 0 Å². The van der Waals surface area contributed by atoms with Gasteiger partial charge in [-0.1, -0.05) is 12.1 Å². The van der Waals surface area contributed by atoms with Gasteiger partial charge >= 0.3 is 0 Å². The number of hydrogen-bond donors (Lipinski definition) is 1. The van der Waals surface area contributed by atoms with E-state index < -0.39 is 0 Å². The molecule has 0 amide bonds. The summed E-state index contributed by atoms with van der Waals surface area (Å²) in [7, 11) is 0. The molecular weight excluding hydrogens is 240 g/mol. The maximum absolute atomic E-state index is 11.7. The summed E-state index contributed by atoms with van der Waals surface area (Å²) < 4.78 is 5.37. The fraction of sp³-hybridized carbons (Fsp3) is 0.200. The third-order valence-corrected chi connectivity index (χ3v) is 2.76. The molecule has 2 aromatic rings. The van der Waals surface area contributed by atoms with Gasteiger partial charge in [0, 0.05) is 11.3 Å². The Labute approximate surface area is 111 Å². The Balaban J connectivity index is 2.53. The van der Waals surface area contributed by atoms with E-state index in [0.29, 0.717) is 12.2 Å². The highest BCUT2D eigenvalue weighted by Gasteiger charge is 2.10. The van der Waals surface area contributed by atoms with Crippen molar-refractivity contribution in [3.8, 4) is 22.9 Å². The molecule has 2 rings (SSSR count). The monoisotopic (exact) mass is 254 g/mol. The van der Waals surface area contributed by atoms with Crippen molar-refractivity contribution in [2.75, 3.05) is 6.61 Å². The van der Waals surface area contributed by atoms with Crippen molar-refractivity contribution >= 4 is 0 Å². The van der Waals surface area contributed by atoms with Crippen LogP contribution in [0, 0.1) is 18.3 Å². The van der Waals surface area contributed by atoms with Crippen LogP contribution in [0.5, 0.6) is 5.75 Å². The molecule has 4 nitrogen and oxygen atoms in total. The van der Waals surface area contributed by atoms with Gasteiger partial charge in [0.05, 0.1) is 6.61 Å². The number of ether oxygens (including phenoxy) is 1. The third kappa shape index (κ3) is 2.66. The summed E-state index contributed by atoms with van der Waals surface area (Å²) in [5, 5.41) is 9.10. The molecule has 0 fully saturated rings. The Hall–Kier alpha value is -2.54. The molecule has 0 atom stereocenters. The van der Waals surface area contributed by atoms with Crippen molar-refractivity contribution in [3.05, 3.63) is 51.9 Å². The van der Waals surface area contributed by atoms with E-state index >= 15 is 0 Å². The number of aryl methyl sites for hydroxylation is 1. The standard InChI is InChI=1S/C15H14N2O2/c1-3-19-12-6-4-11(5-7-12)13-8-10(2)17-15(18)14(13)9-16/h4-8H,3H2,1-2H3,(H,17,18). The Morgan fingerprint density at radius 3 is 2.58 bits per heavy atom. The first-order chi connectivity index (χ1) is 9.15. The van der Waals surface area contributed by atoms with E-state index in [4.69, 9.17) is 10.00 Å². The lowest BCUT2D eigenvalue weighted by molar-refractivity contribution is 0.340. The van der Waals surface area contributed by atoms with Gasteiger partial charge in [-0.2, -0.15) is 5.26 Å². The summed E-state index contributed by atoms with van der Waals surface area (Å²) in [6, 6.07) is 11.1. The predicted octanol–water partition coefficient (Wildman–Crippen LogP) is 2.62. The van der Waals surface area contributed by atoms with Crippen LogP contribution in [0.1, 0.15) is 18.2 Å². The van der Waals surface area contributed by atoms with Gasteiger partial charge in [-0.25, -0.2) is 0 Å². The first-order valence-corrected chi connectivity index (χ1v) is 6.03. The van der Waals surface area contributed by atoms with Crippen molar-refractivity contribution in [1.82, 2.24) is 4.98 Å². The summed E-state index contributed by atoms with van der Waals surface area (Å²) in [4.78, 5) is 14.4. The highest BCUT2D eigenvalue weighted by atomic mass is 16.5. The molecule has 0 spiro atoms. The zero-order valence-electron chi connectivity index (χ0n) is 10.9. The number of hydrogen-bond acceptors (Lipinski definition) is 3. The van der Waals surface area contributed by atoms with Crippen molar-refractivity contribution < 1.29 is 4.74 Å². The number of nitrogens with one attached hydrogen (secondary N) is 1. The number of nitrogens with zero attached hydrogens (tertiary/aromatic N) is 1. The minimum absolute atomic E-state index is 0.134. The van der Waals surface area contributed by atoms with Crippen LogP contribution in [0.4, 0.5) is 0 Å². The second-order valence-electron chi connectivity index (χ2n) is 4.14. The summed E-state index contributed by atoms with van der Waals surface area (Å²) >= 11 is 0. The maximum atomic E-state index is 11.7. The number of rotatable bonds is 3. The van der Waals surface area contributed by atoms with Crippen molar-refractivity contribution in [2.45, 2.75) is 13.8 Å². The van der Waals surface area contributed by atoms with Gasteiger partial charge in [-0.05, 0) is 37.6 Å². The topological polar surface area (TPSA) is 65.9 Å². The average molecular weight is 254 g/mol. The van der Waals surface area contributed by atoms with Crippen LogP contribution < -0.4 is 10.3 Å². The molecule has 0 saturated heterocycles. The van der Waals surface area contributed by atoms with E-state index in [0.717, 1.165) is 17.0 Å². The Kier molecular flexibility index (Phi) is 3.67. The highest BCUT2D eigenvalue weighted by molar-refractivity contribution is 5.70. The first-order valence-electron chi connectivity index (χ1n) is 6.03. The molecule has 1 heterocycles. The zero-order valence-corrected chi connectivity index (χ0v) is 10.9. The second kappa shape index (κ2) is 5.40. The van der Waals surface area contributed by atoms with Crippen molar-refractivity contribution in [2.24, 2.45) is 0 Å². The lowest BCUT2D eigenvalue weighted by Gasteiger charge is -2.07. The molecule has 0 unspecified atom stereocenters. The molecule has 1 N–H and O–H groups in total. The highest BCUT2D eigenvalue weighted by Crippen LogP contribution is 2.24. The smallest absolute Gasteiger partial charge is 0.266 e. The Bertz CT molecular complexity index is 679. The maximum Gasteiger partial charge on any atom is 0.266 e. The number of nitriles is 1. The molecule has 0 bridgehead atoms. The van der Waals surface area contributed by atoms with Crippen LogP contribution in [0.15, 0.2) is 35.1 Å². The van der Waals surface area contributed by atoms with E-state index in [1.54, 1.807) is 13.0 Å². The molecule has 1 aromatic carbocycles. The largest absolute Gasteiger partial charge is 0.494 e. The minimum Gasteiger partial charge on any atom is -0.494 e. The molecule has 1 aromatic heterocycles. The lowest BCUT2D eigenvalue weighted by Crippen LogP contribution is -2.12. The fourth-order valence-corrected chi connectivity index (χ4v) is 1.92. The molecule has 0 aliphatic rings. The van der Waals surface area contributed by atoms with Crippen molar-refractivity contribution in [1.29, 1.82) is 5.26 Å². The molecule has 4 heteroatoms. The number of aromatic nitrogens is 1. The van der Waals surface area contributed by atoms with Crippen LogP contribution in [-0.4, -0.2) is 11.6 Å². The van der Waals surface area contributed by atoms with Gasteiger partial charge < -0.3 is 9.72 Å². The van der Waals surface area contributed by atoms with Crippen LogP contribution in [0.3, 0.4) is 0 Å². The van der Waals surface area contributed by atoms with E-state index in [9.17, 15) is 4.79 Å². The van der Waals surface area contributed by atoms with E-state index in [1.165, 1.54) is 0 Å². The molecule has 0 aliphatic carbocycles. The number of H-pyrrole nitrogens is 1. The molecule has 0 aliphatic heterocycles. The summed E-state index contributed by atoms with van der Waals surface area (Å²) in [5.74, 6) is 0.770. The van der Waals surface area contributed by atoms with E-state index in [-0.39, 0.29) is 11.1 Å². The quantitative estimate of drug-likeness (QED) is 0.915. The van der Waals surface area contributed by atoms with E-state index in [1.807, 2.05) is 37.3 Å². The molecule has 96 valence electrons. The molecule has 19 heavy (non-hydrogen) atoms. The Morgan fingerprint density at radius 2 is 2.00 bits per heavy atom. The first kappa shape index (κ1) is 12.9.